The van der Waals surface area contributed by atoms with Crippen LogP contribution in [0.3, 0.4) is 0 Å². The summed E-state index contributed by atoms with van der Waals surface area (Å²) in [6.45, 7) is 7.03. The van der Waals surface area contributed by atoms with Gasteiger partial charge in [0.1, 0.15) is 0 Å². The second kappa shape index (κ2) is 7.73. The Labute approximate surface area is 95.0 Å². The van der Waals surface area contributed by atoms with Crippen molar-refractivity contribution in [3.8, 4) is 12.3 Å². The van der Waals surface area contributed by atoms with Gasteiger partial charge in [-0.15, -0.1) is 6.42 Å². The normalized spacial score (nSPS) is 16.7. The number of terminal acetylenes is 1. The van der Waals surface area contributed by atoms with Crippen LogP contribution in [0.15, 0.2) is 0 Å². The van der Waals surface area contributed by atoms with Crippen LogP contribution >= 0.6 is 0 Å². The van der Waals surface area contributed by atoms with Crippen molar-refractivity contribution in [3.63, 3.8) is 0 Å². The van der Waals surface area contributed by atoms with Gasteiger partial charge in [0.05, 0.1) is 6.04 Å². The highest BCUT2D eigenvalue weighted by molar-refractivity contribution is 5.00. The average Bonchev–Trinajstić information content (AvgIpc) is 2.24. The van der Waals surface area contributed by atoms with Gasteiger partial charge in [0.15, 0.2) is 0 Å². The van der Waals surface area contributed by atoms with Crippen LogP contribution in [0.4, 0.5) is 0 Å². The van der Waals surface area contributed by atoms with E-state index < -0.39 is 0 Å². The standard InChI is InChI=1S/C13H26N2/c1-5-7-8-9-10-13(4,11-14)15-12(3)6-2/h2,12,15H,5,7-11,14H2,1,3-4H3. The highest BCUT2D eigenvalue weighted by atomic mass is 15.0. The fraction of sp³-hybridized carbons (Fsp3) is 0.846. The van der Waals surface area contributed by atoms with Gasteiger partial charge in [-0.05, 0) is 20.3 Å². The molecule has 0 aliphatic carbocycles. The topological polar surface area (TPSA) is 38.0 Å². The Hall–Kier alpha value is -0.520. The summed E-state index contributed by atoms with van der Waals surface area (Å²) in [6.07, 6.45) is 11.6. The van der Waals surface area contributed by atoms with Crippen molar-refractivity contribution in [1.82, 2.24) is 5.32 Å². The van der Waals surface area contributed by atoms with Gasteiger partial charge in [-0.25, -0.2) is 0 Å². The predicted molar refractivity (Wildman–Crippen MR) is 67.6 cm³/mol. The molecule has 2 nitrogen and oxygen atoms in total. The zero-order chi connectivity index (χ0) is 11.7. The summed E-state index contributed by atoms with van der Waals surface area (Å²) in [7, 11) is 0. The van der Waals surface area contributed by atoms with E-state index in [0.717, 1.165) is 6.42 Å². The van der Waals surface area contributed by atoms with Crippen LogP contribution in [0.2, 0.25) is 0 Å². The number of unbranched alkanes of at least 4 members (excludes halogenated alkanes) is 3. The van der Waals surface area contributed by atoms with Gasteiger partial charge in [0.25, 0.3) is 0 Å². The number of rotatable bonds is 8. The minimum atomic E-state index is -0.000468. The summed E-state index contributed by atoms with van der Waals surface area (Å²) in [5.74, 6) is 2.69. The molecule has 3 N–H and O–H groups in total. The largest absolute Gasteiger partial charge is 0.329 e. The van der Waals surface area contributed by atoms with E-state index in [1.165, 1.54) is 25.7 Å². The Morgan fingerprint density at radius 2 is 2.07 bits per heavy atom. The minimum Gasteiger partial charge on any atom is -0.329 e. The SMILES string of the molecule is C#CC(C)NC(C)(CN)CCCCCC. The molecule has 2 atom stereocenters. The molecule has 0 saturated heterocycles. The van der Waals surface area contributed by atoms with Crippen molar-refractivity contribution < 1.29 is 0 Å². The molecule has 0 amide bonds. The average molecular weight is 210 g/mol. The van der Waals surface area contributed by atoms with Crippen LogP contribution in [0.1, 0.15) is 52.9 Å². The van der Waals surface area contributed by atoms with Crippen LogP contribution in [0, 0.1) is 12.3 Å². The Morgan fingerprint density at radius 1 is 1.40 bits per heavy atom. The lowest BCUT2D eigenvalue weighted by Gasteiger charge is -2.31. The van der Waals surface area contributed by atoms with Crippen molar-refractivity contribution in [2.45, 2.75) is 64.5 Å². The Bertz CT molecular complexity index is 195. The first-order valence-corrected chi connectivity index (χ1v) is 6.02. The zero-order valence-electron chi connectivity index (χ0n) is 10.5. The fourth-order valence-corrected chi connectivity index (χ4v) is 1.74. The van der Waals surface area contributed by atoms with Crippen molar-refractivity contribution in [2.24, 2.45) is 5.73 Å². The van der Waals surface area contributed by atoms with Gasteiger partial charge in [0.2, 0.25) is 0 Å². The van der Waals surface area contributed by atoms with Crippen molar-refractivity contribution >= 4 is 0 Å². The minimum absolute atomic E-state index is 0.000468. The van der Waals surface area contributed by atoms with Crippen molar-refractivity contribution in [2.75, 3.05) is 6.54 Å². The van der Waals surface area contributed by atoms with E-state index in [4.69, 9.17) is 12.2 Å². The molecule has 0 heterocycles. The maximum absolute atomic E-state index is 5.79. The maximum atomic E-state index is 5.79. The summed E-state index contributed by atoms with van der Waals surface area (Å²) in [4.78, 5) is 0. The van der Waals surface area contributed by atoms with Crippen LogP contribution in [0.5, 0.6) is 0 Å². The van der Waals surface area contributed by atoms with Gasteiger partial charge in [-0.3, -0.25) is 5.32 Å². The summed E-state index contributed by atoms with van der Waals surface area (Å²) in [5.41, 5.74) is 5.79. The Morgan fingerprint density at radius 3 is 2.53 bits per heavy atom. The lowest BCUT2D eigenvalue weighted by atomic mass is 9.93. The lowest BCUT2D eigenvalue weighted by molar-refractivity contribution is 0.316. The molecule has 0 aromatic carbocycles. The molecule has 0 aromatic rings. The molecule has 0 aromatic heterocycles. The van der Waals surface area contributed by atoms with Crippen LogP contribution < -0.4 is 11.1 Å². The van der Waals surface area contributed by atoms with E-state index >= 15 is 0 Å². The van der Waals surface area contributed by atoms with Gasteiger partial charge in [-0.1, -0.05) is 38.5 Å². The first-order valence-electron chi connectivity index (χ1n) is 6.02. The summed E-state index contributed by atoms with van der Waals surface area (Å²) < 4.78 is 0. The third-order valence-electron chi connectivity index (χ3n) is 2.85. The summed E-state index contributed by atoms with van der Waals surface area (Å²) in [5, 5.41) is 3.41. The van der Waals surface area contributed by atoms with Gasteiger partial charge < -0.3 is 5.73 Å². The van der Waals surface area contributed by atoms with Crippen LogP contribution in [-0.4, -0.2) is 18.1 Å². The number of hydrogen-bond donors (Lipinski definition) is 2. The van der Waals surface area contributed by atoms with E-state index in [1.807, 2.05) is 6.92 Å². The molecular formula is C13H26N2. The number of hydrogen-bond acceptors (Lipinski definition) is 2. The molecule has 0 rings (SSSR count). The van der Waals surface area contributed by atoms with Crippen molar-refractivity contribution in [1.29, 1.82) is 0 Å². The lowest BCUT2D eigenvalue weighted by Crippen LogP contribution is -2.51. The molecule has 2 unspecified atom stereocenters. The molecule has 0 radical (unpaired) electrons. The molecule has 88 valence electrons. The first kappa shape index (κ1) is 14.5. The van der Waals surface area contributed by atoms with Gasteiger partial charge in [-0.2, -0.15) is 0 Å². The van der Waals surface area contributed by atoms with Crippen LogP contribution in [-0.2, 0) is 0 Å². The third-order valence-corrected chi connectivity index (χ3v) is 2.85. The molecule has 15 heavy (non-hydrogen) atoms. The molecule has 0 bridgehead atoms. The zero-order valence-corrected chi connectivity index (χ0v) is 10.5. The fourth-order valence-electron chi connectivity index (χ4n) is 1.74. The van der Waals surface area contributed by atoms with Crippen LogP contribution in [0.25, 0.3) is 0 Å². The quantitative estimate of drug-likeness (QED) is 0.476. The third kappa shape index (κ3) is 6.54. The molecule has 0 spiro atoms. The maximum Gasteiger partial charge on any atom is 0.0662 e. The van der Waals surface area contributed by atoms with E-state index in [-0.39, 0.29) is 11.6 Å². The van der Waals surface area contributed by atoms with Crippen molar-refractivity contribution in [3.05, 3.63) is 0 Å². The molecule has 0 fully saturated rings. The van der Waals surface area contributed by atoms with E-state index in [2.05, 4.69) is 25.1 Å². The second-order valence-electron chi connectivity index (χ2n) is 4.61. The van der Waals surface area contributed by atoms with E-state index in [9.17, 15) is 0 Å². The highest BCUT2D eigenvalue weighted by Crippen LogP contribution is 2.15. The van der Waals surface area contributed by atoms with E-state index in [1.54, 1.807) is 0 Å². The molecular weight excluding hydrogens is 184 g/mol. The monoisotopic (exact) mass is 210 g/mol. The van der Waals surface area contributed by atoms with Gasteiger partial charge >= 0.3 is 0 Å². The molecule has 0 saturated carbocycles. The number of nitrogens with one attached hydrogen (secondary N) is 1. The molecule has 0 aliphatic heterocycles. The summed E-state index contributed by atoms with van der Waals surface area (Å²) >= 11 is 0. The number of nitrogens with two attached hydrogens (primary N) is 1. The first-order chi connectivity index (χ1) is 7.08. The smallest absolute Gasteiger partial charge is 0.0662 e. The molecule has 2 heteroatoms. The second-order valence-corrected chi connectivity index (χ2v) is 4.61. The summed E-state index contributed by atoms with van der Waals surface area (Å²) in [6, 6.07) is 0.102. The Balaban J connectivity index is 3.91. The van der Waals surface area contributed by atoms with Gasteiger partial charge in [0, 0.05) is 12.1 Å². The molecule has 0 aliphatic rings. The predicted octanol–water partition coefficient (Wildman–Crippen LogP) is 2.29. The highest BCUT2D eigenvalue weighted by Gasteiger charge is 2.22. The van der Waals surface area contributed by atoms with E-state index in [0.29, 0.717) is 6.54 Å². The Kier molecular flexibility index (Phi) is 7.46.